The average molecular weight is 291 g/mol. The molecule has 0 bridgehead atoms. The lowest BCUT2D eigenvalue weighted by Gasteiger charge is -2.15. The molecule has 20 heavy (non-hydrogen) atoms. The van der Waals surface area contributed by atoms with Gasteiger partial charge in [0.25, 0.3) is 5.56 Å². The van der Waals surface area contributed by atoms with E-state index in [1.54, 1.807) is 0 Å². The molecule has 0 unspecified atom stereocenters. The van der Waals surface area contributed by atoms with Crippen LogP contribution in [0.2, 0.25) is 0 Å². The monoisotopic (exact) mass is 291 g/mol. The third kappa shape index (κ3) is 5.34. The number of alkyl halides is 3. The fourth-order valence-electron chi connectivity index (χ4n) is 1.83. The summed E-state index contributed by atoms with van der Waals surface area (Å²) >= 11 is 0. The van der Waals surface area contributed by atoms with E-state index in [1.807, 2.05) is 19.0 Å². The molecule has 114 valence electrons. The van der Waals surface area contributed by atoms with Crippen LogP contribution in [0.1, 0.15) is 12.1 Å². The first-order valence-corrected chi connectivity index (χ1v) is 6.45. The third-order valence-electron chi connectivity index (χ3n) is 2.81. The van der Waals surface area contributed by atoms with Crippen LogP contribution in [0, 0.1) is 0 Å². The number of nitrogens with one attached hydrogen (secondary N) is 1. The van der Waals surface area contributed by atoms with E-state index in [9.17, 15) is 18.0 Å². The maximum Gasteiger partial charge on any atom is 0.431 e. The molecule has 0 aliphatic carbocycles. The van der Waals surface area contributed by atoms with E-state index in [4.69, 9.17) is 0 Å². The van der Waals surface area contributed by atoms with E-state index in [1.165, 1.54) is 0 Å². The molecule has 1 N–H and O–H groups in total. The highest BCUT2D eigenvalue weighted by Crippen LogP contribution is 2.27. The zero-order valence-electron chi connectivity index (χ0n) is 11.7. The standard InChI is InChI=1S/C13H20F3N3O/c1-18(2)9-4-7-17-8-10-19-11(13(14,15)16)5-3-6-12(19)20/h3,5-6,17H,4,7-10H2,1-2H3. The topological polar surface area (TPSA) is 37.3 Å². The Morgan fingerprint density at radius 3 is 2.55 bits per heavy atom. The van der Waals surface area contributed by atoms with Crippen LogP contribution in [0.4, 0.5) is 13.2 Å². The Kier molecular flexibility index (Phi) is 6.22. The lowest BCUT2D eigenvalue weighted by atomic mass is 10.3. The van der Waals surface area contributed by atoms with Gasteiger partial charge in [-0.25, -0.2) is 0 Å². The number of rotatable bonds is 7. The van der Waals surface area contributed by atoms with Crippen LogP contribution >= 0.6 is 0 Å². The predicted molar refractivity (Wildman–Crippen MR) is 71.7 cm³/mol. The minimum absolute atomic E-state index is 0.0104. The fraction of sp³-hybridized carbons (Fsp3) is 0.615. The maximum absolute atomic E-state index is 12.8. The smallest absolute Gasteiger partial charge is 0.315 e. The number of aromatic nitrogens is 1. The van der Waals surface area contributed by atoms with Gasteiger partial charge in [-0.3, -0.25) is 4.79 Å². The highest BCUT2D eigenvalue weighted by Gasteiger charge is 2.33. The second kappa shape index (κ2) is 7.44. The van der Waals surface area contributed by atoms with Crippen molar-refractivity contribution in [3.63, 3.8) is 0 Å². The summed E-state index contributed by atoms with van der Waals surface area (Å²) in [7, 11) is 3.91. The fourth-order valence-corrected chi connectivity index (χ4v) is 1.83. The van der Waals surface area contributed by atoms with Crippen molar-refractivity contribution >= 4 is 0 Å². The molecule has 7 heteroatoms. The number of halogens is 3. The Hall–Kier alpha value is -1.34. The van der Waals surface area contributed by atoms with Crippen LogP contribution in [0.3, 0.4) is 0 Å². The van der Waals surface area contributed by atoms with Crippen molar-refractivity contribution in [1.82, 2.24) is 14.8 Å². The first kappa shape index (κ1) is 16.7. The van der Waals surface area contributed by atoms with Gasteiger partial charge < -0.3 is 14.8 Å². The zero-order chi connectivity index (χ0) is 15.2. The molecule has 0 saturated carbocycles. The molecule has 1 aromatic heterocycles. The molecule has 0 atom stereocenters. The molecule has 0 saturated heterocycles. The highest BCUT2D eigenvalue weighted by molar-refractivity contribution is 5.10. The minimum atomic E-state index is -4.51. The van der Waals surface area contributed by atoms with Gasteiger partial charge in [0.05, 0.1) is 0 Å². The molecule has 0 aromatic carbocycles. The van der Waals surface area contributed by atoms with Gasteiger partial charge in [0, 0.05) is 19.2 Å². The van der Waals surface area contributed by atoms with Crippen molar-refractivity contribution < 1.29 is 13.2 Å². The van der Waals surface area contributed by atoms with Crippen molar-refractivity contribution in [2.45, 2.75) is 19.1 Å². The summed E-state index contributed by atoms with van der Waals surface area (Å²) in [6.45, 7) is 1.96. The summed E-state index contributed by atoms with van der Waals surface area (Å²) in [5, 5.41) is 3.04. The third-order valence-corrected chi connectivity index (χ3v) is 2.81. The number of pyridine rings is 1. The van der Waals surface area contributed by atoms with Crippen LogP contribution in [0.5, 0.6) is 0 Å². The van der Waals surface area contributed by atoms with E-state index < -0.39 is 17.4 Å². The second-order valence-corrected chi connectivity index (χ2v) is 4.81. The van der Waals surface area contributed by atoms with Gasteiger partial charge >= 0.3 is 6.18 Å². The van der Waals surface area contributed by atoms with E-state index >= 15 is 0 Å². The Balaban J connectivity index is 2.54. The van der Waals surface area contributed by atoms with Gasteiger partial charge in [0.1, 0.15) is 5.69 Å². The van der Waals surface area contributed by atoms with Crippen LogP contribution in [0.25, 0.3) is 0 Å². The van der Waals surface area contributed by atoms with Gasteiger partial charge in [-0.05, 0) is 39.7 Å². The lowest BCUT2D eigenvalue weighted by molar-refractivity contribution is -0.144. The van der Waals surface area contributed by atoms with Gasteiger partial charge in [-0.2, -0.15) is 13.2 Å². The van der Waals surface area contributed by atoms with Crippen molar-refractivity contribution in [2.75, 3.05) is 33.7 Å². The van der Waals surface area contributed by atoms with E-state index in [2.05, 4.69) is 5.32 Å². The van der Waals surface area contributed by atoms with Crippen molar-refractivity contribution in [2.24, 2.45) is 0 Å². The summed E-state index contributed by atoms with van der Waals surface area (Å²) in [6.07, 6.45) is -3.60. The molecule has 0 aliphatic heterocycles. The second-order valence-electron chi connectivity index (χ2n) is 4.81. The summed E-state index contributed by atoms with van der Waals surface area (Å²) < 4.78 is 39.0. The van der Waals surface area contributed by atoms with Crippen molar-refractivity contribution in [3.8, 4) is 0 Å². The average Bonchev–Trinajstić information content (AvgIpc) is 2.33. The molecular weight excluding hydrogens is 271 g/mol. The largest absolute Gasteiger partial charge is 0.431 e. The highest BCUT2D eigenvalue weighted by atomic mass is 19.4. The number of hydrogen-bond acceptors (Lipinski definition) is 3. The molecule has 1 aromatic rings. The van der Waals surface area contributed by atoms with E-state index in [-0.39, 0.29) is 6.54 Å². The van der Waals surface area contributed by atoms with Gasteiger partial charge in [-0.15, -0.1) is 0 Å². The Bertz CT molecular complexity index is 469. The van der Waals surface area contributed by atoms with Crippen LogP contribution in [-0.2, 0) is 12.7 Å². The first-order valence-electron chi connectivity index (χ1n) is 6.45. The number of nitrogens with zero attached hydrogens (tertiary/aromatic N) is 2. The molecule has 0 amide bonds. The molecule has 0 spiro atoms. The summed E-state index contributed by atoms with van der Waals surface area (Å²) in [6, 6.07) is 3.20. The minimum Gasteiger partial charge on any atom is -0.315 e. The Labute approximate surface area is 116 Å². The van der Waals surface area contributed by atoms with Crippen LogP contribution < -0.4 is 10.9 Å². The van der Waals surface area contributed by atoms with Gasteiger partial charge in [0.15, 0.2) is 0 Å². The SMILES string of the molecule is CN(C)CCCNCCn1c(C(F)(F)F)cccc1=O. The van der Waals surface area contributed by atoms with E-state index in [0.717, 1.165) is 35.7 Å². The molecule has 1 heterocycles. The summed E-state index contributed by atoms with van der Waals surface area (Å²) in [5.74, 6) is 0. The quantitative estimate of drug-likeness (QED) is 0.772. The number of hydrogen-bond donors (Lipinski definition) is 1. The Morgan fingerprint density at radius 2 is 1.95 bits per heavy atom. The molecule has 4 nitrogen and oxygen atoms in total. The molecule has 0 radical (unpaired) electrons. The summed E-state index contributed by atoms with van der Waals surface area (Å²) in [5.41, 5.74) is -1.53. The zero-order valence-corrected chi connectivity index (χ0v) is 11.7. The predicted octanol–water partition coefficient (Wildman–Crippen LogP) is 1.41. The Morgan fingerprint density at radius 1 is 1.25 bits per heavy atom. The normalized spacial score (nSPS) is 12.1. The maximum atomic E-state index is 12.8. The molecule has 0 fully saturated rings. The molecule has 0 aliphatic rings. The molecular formula is C13H20F3N3O. The lowest BCUT2D eigenvalue weighted by Crippen LogP contribution is -2.32. The first-order chi connectivity index (χ1) is 9.32. The van der Waals surface area contributed by atoms with E-state index in [0.29, 0.717) is 13.1 Å². The summed E-state index contributed by atoms with van der Waals surface area (Å²) in [4.78, 5) is 13.6. The van der Waals surface area contributed by atoms with Gasteiger partial charge in [0.2, 0.25) is 0 Å². The van der Waals surface area contributed by atoms with Crippen LogP contribution in [0.15, 0.2) is 23.0 Å². The van der Waals surface area contributed by atoms with Gasteiger partial charge in [-0.1, -0.05) is 6.07 Å². The molecule has 1 rings (SSSR count). The van der Waals surface area contributed by atoms with Crippen molar-refractivity contribution in [1.29, 1.82) is 0 Å². The van der Waals surface area contributed by atoms with Crippen molar-refractivity contribution in [3.05, 3.63) is 34.2 Å². The van der Waals surface area contributed by atoms with Crippen LogP contribution in [-0.4, -0.2) is 43.2 Å².